The Bertz CT molecular complexity index is 1120. The van der Waals surface area contributed by atoms with Crippen molar-refractivity contribution in [3.63, 3.8) is 0 Å². The van der Waals surface area contributed by atoms with Crippen LogP contribution in [0.3, 0.4) is 0 Å². The molecule has 0 bridgehead atoms. The van der Waals surface area contributed by atoms with E-state index in [0.29, 0.717) is 12.0 Å². The highest BCUT2D eigenvalue weighted by Gasteiger charge is 2.45. The van der Waals surface area contributed by atoms with Crippen molar-refractivity contribution in [1.29, 1.82) is 0 Å². The van der Waals surface area contributed by atoms with Gasteiger partial charge in [0.25, 0.3) is 0 Å². The van der Waals surface area contributed by atoms with E-state index in [4.69, 9.17) is 13.9 Å². The van der Waals surface area contributed by atoms with Crippen LogP contribution in [0.4, 0.5) is 0 Å². The average Bonchev–Trinajstić information content (AvgIpc) is 2.94. The van der Waals surface area contributed by atoms with Crippen LogP contribution in [-0.2, 0) is 9.53 Å². The summed E-state index contributed by atoms with van der Waals surface area (Å²) >= 11 is 1.07. The zero-order valence-corrected chi connectivity index (χ0v) is 25.4. The Hall–Kier alpha value is -1.91. The Labute approximate surface area is 247 Å². The van der Waals surface area contributed by atoms with Crippen LogP contribution in [0, 0.1) is 6.92 Å². The van der Waals surface area contributed by atoms with Crippen LogP contribution in [-0.4, -0.2) is 56.9 Å². The number of benzene rings is 1. The number of aryl methyl sites for hydroxylation is 1. The predicted octanol–water partition coefficient (Wildman–Crippen LogP) is 6.03. The van der Waals surface area contributed by atoms with E-state index in [2.05, 4.69) is 6.92 Å². The summed E-state index contributed by atoms with van der Waals surface area (Å²) in [5.41, 5.74) is 0.598. The normalized spacial score (nSPS) is 22.7. The SMILES string of the molecule is CCCCCCCCCCCCCCCC(=O)SC[C@@H]1O[C@@H](Oc2ccc3c(C)cc(=O)oc3c2)[C@H](O)[C@@H](O)[C@@H]1O. The van der Waals surface area contributed by atoms with Crippen molar-refractivity contribution >= 4 is 27.8 Å². The highest BCUT2D eigenvalue weighted by atomic mass is 32.2. The molecule has 0 saturated carbocycles. The van der Waals surface area contributed by atoms with Crippen molar-refractivity contribution < 1.29 is 34.0 Å². The van der Waals surface area contributed by atoms with E-state index in [1.807, 2.05) is 0 Å². The summed E-state index contributed by atoms with van der Waals surface area (Å²) in [5.74, 6) is 0.400. The second kappa shape index (κ2) is 17.9. The number of unbranched alkanes of at least 4 members (excludes halogenated alkanes) is 12. The van der Waals surface area contributed by atoms with Gasteiger partial charge in [0.1, 0.15) is 29.6 Å². The number of carbonyl (C=O) groups is 1. The lowest BCUT2D eigenvalue weighted by Crippen LogP contribution is -2.59. The van der Waals surface area contributed by atoms with Crippen molar-refractivity contribution in [2.75, 3.05) is 5.75 Å². The molecule has 0 unspecified atom stereocenters. The summed E-state index contributed by atoms with van der Waals surface area (Å²) in [4.78, 5) is 24.2. The molecule has 1 saturated heterocycles. The quantitative estimate of drug-likeness (QED) is 0.140. The number of hydrogen-bond acceptors (Lipinski definition) is 9. The number of ether oxygens (including phenoxy) is 2. The fraction of sp³-hybridized carbons (Fsp3) is 0.688. The molecule has 3 rings (SSSR count). The van der Waals surface area contributed by atoms with Gasteiger partial charge < -0.3 is 29.2 Å². The van der Waals surface area contributed by atoms with E-state index >= 15 is 0 Å². The van der Waals surface area contributed by atoms with E-state index in [9.17, 15) is 24.9 Å². The number of rotatable bonds is 18. The van der Waals surface area contributed by atoms with Crippen LogP contribution >= 0.6 is 11.8 Å². The molecule has 5 atom stereocenters. The molecule has 230 valence electrons. The first kappa shape index (κ1) is 33.6. The Morgan fingerprint density at radius 2 is 1.46 bits per heavy atom. The van der Waals surface area contributed by atoms with E-state index < -0.39 is 36.3 Å². The van der Waals surface area contributed by atoms with Gasteiger partial charge in [-0.15, -0.1) is 0 Å². The van der Waals surface area contributed by atoms with Gasteiger partial charge in [-0.1, -0.05) is 95.7 Å². The van der Waals surface area contributed by atoms with Crippen LogP contribution < -0.4 is 10.4 Å². The molecular formula is C32H48O8S. The van der Waals surface area contributed by atoms with E-state index in [-0.39, 0.29) is 16.6 Å². The predicted molar refractivity (Wildman–Crippen MR) is 162 cm³/mol. The Kier molecular flexibility index (Phi) is 14.7. The van der Waals surface area contributed by atoms with Crippen LogP contribution in [0.15, 0.2) is 33.5 Å². The van der Waals surface area contributed by atoms with Gasteiger partial charge in [0.05, 0.1) is 6.10 Å². The Morgan fingerprint density at radius 1 is 0.854 bits per heavy atom. The van der Waals surface area contributed by atoms with Gasteiger partial charge in [0, 0.05) is 29.7 Å². The van der Waals surface area contributed by atoms with Gasteiger partial charge >= 0.3 is 5.63 Å². The maximum Gasteiger partial charge on any atom is 0.336 e. The van der Waals surface area contributed by atoms with E-state index in [1.165, 1.54) is 76.3 Å². The van der Waals surface area contributed by atoms with Gasteiger partial charge in [0.15, 0.2) is 5.12 Å². The second-order valence-corrected chi connectivity index (χ2v) is 12.3. The first-order valence-corrected chi connectivity index (χ1v) is 16.3. The highest BCUT2D eigenvalue weighted by Crippen LogP contribution is 2.29. The Balaban J connectivity index is 1.34. The molecule has 1 aliphatic rings. The molecule has 0 amide bonds. The minimum atomic E-state index is -1.51. The molecule has 41 heavy (non-hydrogen) atoms. The number of thioether (sulfide) groups is 1. The molecule has 1 fully saturated rings. The van der Waals surface area contributed by atoms with Crippen molar-refractivity contribution in [2.45, 2.75) is 134 Å². The van der Waals surface area contributed by atoms with Gasteiger partial charge in [-0.3, -0.25) is 4.79 Å². The van der Waals surface area contributed by atoms with Crippen molar-refractivity contribution in [2.24, 2.45) is 0 Å². The molecule has 1 aromatic carbocycles. The molecule has 9 heteroatoms. The molecule has 2 aromatic rings. The summed E-state index contributed by atoms with van der Waals surface area (Å²) < 4.78 is 16.8. The van der Waals surface area contributed by atoms with Crippen LogP contribution in [0.25, 0.3) is 11.0 Å². The summed E-state index contributed by atoms with van der Waals surface area (Å²) in [6.07, 6.45) is 10.1. The molecule has 8 nitrogen and oxygen atoms in total. The summed E-state index contributed by atoms with van der Waals surface area (Å²) in [7, 11) is 0. The average molecular weight is 593 g/mol. The first-order valence-electron chi connectivity index (χ1n) is 15.4. The maximum absolute atomic E-state index is 12.4. The molecule has 1 aliphatic heterocycles. The largest absolute Gasteiger partial charge is 0.462 e. The zero-order valence-electron chi connectivity index (χ0n) is 24.6. The zero-order chi connectivity index (χ0) is 29.6. The summed E-state index contributed by atoms with van der Waals surface area (Å²) in [6.45, 7) is 4.05. The fourth-order valence-electron chi connectivity index (χ4n) is 5.20. The lowest BCUT2D eigenvalue weighted by Gasteiger charge is -2.40. The topological polar surface area (TPSA) is 126 Å². The third kappa shape index (κ3) is 11.0. The molecule has 1 aromatic heterocycles. The molecule has 2 heterocycles. The third-order valence-corrected chi connectivity index (χ3v) is 8.76. The third-order valence-electron chi connectivity index (χ3n) is 7.74. The van der Waals surface area contributed by atoms with E-state index in [1.54, 1.807) is 19.1 Å². The molecule has 0 spiro atoms. The Morgan fingerprint density at radius 3 is 2.10 bits per heavy atom. The standard InChI is InChI=1S/C32H48O8S/c1-3-4-5-6-7-8-9-10-11-12-13-14-15-16-28(34)41-21-26-29(35)30(36)31(37)32(40-26)38-23-17-18-24-22(2)19-27(33)39-25(24)20-23/h17-20,26,29-32,35-37H,3-16,21H2,1-2H3/t26-,29+,30-,31+,32+/m0/s1. The summed E-state index contributed by atoms with van der Waals surface area (Å²) in [5, 5.41) is 32.0. The summed E-state index contributed by atoms with van der Waals surface area (Å²) in [6, 6.07) is 6.29. The van der Waals surface area contributed by atoms with Crippen molar-refractivity contribution in [1.82, 2.24) is 0 Å². The molecule has 3 N–H and O–H groups in total. The van der Waals surface area contributed by atoms with Crippen LogP contribution in [0.5, 0.6) is 5.75 Å². The second-order valence-electron chi connectivity index (χ2n) is 11.2. The van der Waals surface area contributed by atoms with Gasteiger partial charge in [-0.05, 0) is 31.0 Å². The number of aliphatic hydroxyl groups is 3. The molecule has 0 aliphatic carbocycles. The van der Waals surface area contributed by atoms with Gasteiger partial charge in [0.2, 0.25) is 6.29 Å². The molecule has 0 radical (unpaired) electrons. The number of fused-ring (bicyclic) bond motifs is 1. The van der Waals surface area contributed by atoms with Gasteiger partial charge in [-0.25, -0.2) is 4.79 Å². The van der Waals surface area contributed by atoms with Crippen LogP contribution in [0.2, 0.25) is 0 Å². The minimum absolute atomic E-state index is 0.0156. The first-order chi connectivity index (χ1) is 19.8. The smallest absolute Gasteiger partial charge is 0.336 e. The lowest BCUT2D eigenvalue weighted by atomic mass is 10.00. The highest BCUT2D eigenvalue weighted by molar-refractivity contribution is 8.13. The van der Waals surface area contributed by atoms with Crippen molar-refractivity contribution in [3.8, 4) is 5.75 Å². The van der Waals surface area contributed by atoms with Crippen molar-refractivity contribution in [3.05, 3.63) is 40.2 Å². The molecular weight excluding hydrogens is 544 g/mol. The monoisotopic (exact) mass is 592 g/mol. The lowest BCUT2D eigenvalue weighted by molar-refractivity contribution is -0.267. The van der Waals surface area contributed by atoms with E-state index in [0.717, 1.165) is 42.0 Å². The van der Waals surface area contributed by atoms with Crippen LogP contribution in [0.1, 0.15) is 102 Å². The van der Waals surface area contributed by atoms with Gasteiger partial charge in [-0.2, -0.15) is 0 Å². The number of carbonyl (C=O) groups excluding carboxylic acids is 1. The minimum Gasteiger partial charge on any atom is -0.462 e. The number of aliphatic hydroxyl groups excluding tert-OH is 3. The fourth-order valence-corrected chi connectivity index (χ4v) is 6.11. The number of hydrogen-bond donors (Lipinski definition) is 3. The maximum atomic E-state index is 12.4.